The van der Waals surface area contributed by atoms with Crippen LogP contribution in [-0.2, 0) is 4.79 Å². The van der Waals surface area contributed by atoms with Crippen molar-refractivity contribution in [2.75, 3.05) is 33.2 Å². The number of carbonyl (C=O) groups is 1. The maximum Gasteiger partial charge on any atom is 0.227 e. The van der Waals surface area contributed by atoms with Gasteiger partial charge in [0.05, 0.1) is 5.41 Å². The summed E-state index contributed by atoms with van der Waals surface area (Å²) in [7, 11) is 2.15. The molecule has 2 aliphatic rings. The van der Waals surface area contributed by atoms with Gasteiger partial charge in [0.2, 0.25) is 5.91 Å². The summed E-state index contributed by atoms with van der Waals surface area (Å²) in [6.45, 7) is 6.30. The number of rotatable bonds is 4. The molecule has 1 atom stereocenters. The molecule has 4 heteroatoms. The van der Waals surface area contributed by atoms with Crippen LogP contribution in [0.2, 0.25) is 0 Å². The molecule has 0 aromatic heterocycles. The second-order valence-corrected chi connectivity index (χ2v) is 6.36. The van der Waals surface area contributed by atoms with E-state index in [4.69, 9.17) is 0 Å². The van der Waals surface area contributed by atoms with E-state index in [1.165, 1.54) is 0 Å². The standard InChI is InChI=1S/C15H29N3O/c1-3-7-15(8-4-9-16-12-15)14(19)17-13-5-10-18(2)11-6-13/h13,16H,3-12H2,1-2H3,(H,17,19). The Kier molecular flexibility index (Phi) is 5.22. The van der Waals surface area contributed by atoms with Gasteiger partial charge in [-0.1, -0.05) is 13.3 Å². The Morgan fingerprint density at radius 2 is 2.16 bits per heavy atom. The van der Waals surface area contributed by atoms with E-state index in [9.17, 15) is 4.79 Å². The number of carbonyl (C=O) groups excluding carboxylic acids is 1. The van der Waals surface area contributed by atoms with E-state index in [-0.39, 0.29) is 5.41 Å². The zero-order chi connectivity index (χ0) is 13.7. The second-order valence-electron chi connectivity index (χ2n) is 6.36. The molecule has 1 unspecified atom stereocenters. The fourth-order valence-electron chi connectivity index (χ4n) is 3.46. The smallest absolute Gasteiger partial charge is 0.227 e. The summed E-state index contributed by atoms with van der Waals surface area (Å²) in [5.74, 6) is 0.302. The minimum Gasteiger partial charge on any atom is -0.353 e. The molecule has 0 aromatic rings. The Balaban J connectivity index is 1.92. The van der Waals surface area contributed by atoms with Crippen LogP contribution in [0.1, 0.15) is 45.4 Å². The highest BCUT2D eigenvalue weighted by atomic mass is 16.2. The third-order valence-electron chi connectivity index (χ3n) is 4.74. The summed E-state index contributed by atoms with van der Waals surface area (Å²) in [4.78, 5) is 15.0. The van der Waals surface area contributed by atoms with Gasteiger partial charge in [0.15, 0.2) is 0 Å². The van der Waals surface area contributed by atoms with Gasteiger partial charge in [0.1, 0.15) is 0 Å². The van der Waals surface area contributed by atoms with Gasteiger partial charge in [0.25, 0.3) is 0 Å². The number of piperidine rings is 2. The van der Waals surface area contributed by atoms with Gasteiger partial charge in [-0.25, -0.2) is 0 Å². The largest absolute Gasteiger partial charge is 0.353 e. The van der Waals surface area contributed by atoms with Crippen molar-refractivity contribution in [1.82, 2.24) is 15.5 Å². The lowest BCUT2D eigenvalue weighted by Gasteiger charge is -2.38. The number of hydrogen-bond donors (Lipinski definition) is 2. The Morgan fingerprint density at radius 3 is 2.74 bits per heavy atom. The highest BCUT2D eigenvalue weighted by molar-refractivity contribution is 5.83. The van der Waals surface area contributed by atoms with Gasteiger partial charge in [-0.15, -0.1) is 0 Å². The summed E-state index contributed by atoms with van der Waals surface area (Å²) in [5, 5.41) is 6.75. The van der Waals surface area contributed by atoms with Crippen molar-refractivity contribution in [3.8, 4) is 0 Å². The fraction of sp³-hybridized carbons (Fsp3) is 0.933. The lowest BCUT2D eigenvalue weighted by molar-refractivity contribution is -0.133. The van der Waals surface area contributed by atoms with Crippen LogP contribution in [0, 0.1) is 5.41 Å². The zero-order valence-electron chi connectivity index (χ0n) is 12.5. The fourth-order valence-corrected chi connectivity index (χ4v) is 3.46. The number of likely N-dealkylation sites (tertiary alicyclic amines) is 1. The third-order valence-corrected chi connectivity index (χ3v) is 4.74. The molecule has 2 aliphatic heterocycles. The highest BCUT2D eigenvalue weighted by Gasteiger charge is 2.39. The predicted molar refractivity (Wildman–Crippen MR) is 78.1 cm³/mol. The van der Waals surface area contributed by atoms with Crippen molar-refractivity contribution < 1.29 is 4.79 Å². The average Bonchev–Trinajstić information content (AvgIpc) is 2.43. The molecular formula is C15H29N3O. The minimum atomic E-state index is -0.143. The van der Waals surface area contributed by atoms with E-state index in [1.54, 1.807) is 0 Å². The molecule has 0 spiro atoms. The molecular weight excluding hydrogens is 238 g/mol. The van der Waals surface area contributed by atoms with Crippen LogP contribution >= 0.6 is 0 Å². The van der Waals surface area contributed by atoms with E-state index in [0.717, 1.165) is 64.7 Å². The summed E-state index contributed by atoms with van der Waals surface area (Å²) in [6, 6.07) is 0.388. The topological polar surface area (TPSA) is 44.4 Å². The van der Waals surface area contributed by atoms with E-state index >= 15 is 0 Å². The Hall–Kier alpha value is -0.610. The lowest BCUT2D eigenvalue weighted by atomic mass is 9.76. The maximum atomic E-state index is 12.7. The Bertz CT molecular complexity index is 286. The molecule has 0 aromatic carbocycles. The summed E-state index contributed by atoms with van der Waals surface area (Å²) in [6.07, 6.45) is 6.46. The van der Waals surface area contributed by atoms with Crippen molar-refractivity contribution >= 4 is 5.91 Å². The lowest BCUT2D eigenvalue weighted by Crippen LogP contribution is -2.54. The van der Waals surface area contributed by atoms with Crippen molar-refractivity contribution in [1.29, 1.82) is 0 Å². The molecule has 0 saturated carbocycles. The van der Waals surface area contributed by atoms with Crippen LogP contribution in [0.15, 0.2) is 0 Å². The molecule has 2 fully saturated rings. The first-order valence-corrected chi connectivity index (χ1v) is 7.86. The number of amides is 1. The van der Waals surface area contributed by atoms with Crippen molar-refractivity contribution in [2.24, 2.45) is 5.41 Å². The first-order valence-electron chi connectivity index (χ1n) is 7.86. The van der Waals surface area contributed by atoms with Gasteiger partial charge < -0.3 is 15.5 Å². The van der Waals surface area contributed by atoms with Crippen LogP contribution in [0.25, 0.3) is 0 Å². The highest BCUT2D eigenvalue weighted by Crippen LogP contribution is 2.32. The van der Waals surface area contributed by atoms with Crippen LogP contribution in [-0.4, -0.2) is 50.1 Å². The molecule has 110 valence electrons. The van der Waals surface area contributed by atoms with Gasteiger partial charge in [-0.3, -0.25) is 4.79 Å². The van der Waals surface area contributed by atoms with Gasteiger partial charge >= 0.3 is 0 Å². The first kappa shape index (κ1) is 14.8. The van der Waals surface area contributed by atoms with Crippen molar-refractivity contribution in [3.63, 3.8) is 0 Å². The number of nitrogens with zero attached hydrogens (tertiary/aromatic N) is 1. The van der Waals surface area contributed by atoms with E-state index in [2.05, 4.69) is 29.5 Å². The third kappa shape index (κ3) is 3.69. The molecule has 0 bridgehead atoms. The SMILES string of the molecule is CCCC1(C(=O)NC2CCN(C)CC2)CCCNC1. The second kappa shape index (κ2) is 6.71. The average molecular weight is 267 g/mol. The first-order chi connectivity index (χ1) is 9.16. The van der Waals surface area contributed by atoms with Gasteiger partial charge in [-0.2, -0.15) is 0 Å². The van der Waals surface area contributed by atoms with Gasteiger partial charge in [-0.05, 0) is 58.8 Å². The maximum absolute atomic E-state index is 12.7. The predicted octanol–water partition coefficient (Wildman–Crippen LogP) is 1.37. The van der Waals surface area contributed by atoms with Crippen LogP contribution in [0.5, 0.6) is 0 Å². The summed E-state index contributed by atoms with van der Waals surface area (Å²) in [5.41, 5.74) is -0.143. The van der Waals surface area contributed by atoms with Crippen molar-refractivity contribution in [2.45, 2.75) is 51.5 Å². The summed E-state index contributed by atoms with van der Waals surface area (Å²) < 4.78 is 0. The number of hydrogen-bond acceptors (Lipinski definition) is 3. The molecule has 0 aliphatic carbocycles. The molecule has 2 rings (SSSR count). The molecule has 2 N–H and O–H groups in total. The number of nitrogens with one attached hydrogen (secondary N) is 2. The Morgan fingerprint density at radius 1 is 1.42 bits per heavy atom. The molecule has 2 saturated heterocycles. The van der Waals surface area contributed by atoms with Crippen LogP contribution < -0.4 is 10.6 Å². The summed E-state index contributed by atoms with van der Waals surface area (Å²) >= 11 is 0. The minimum absolute atomic E-state index is 0.143. The molecule has 1 amide bonds. The monoisotopic (exact) mass is 267 g/mol. The van der Waals surface area contributed by atoms with Crippen LogP contribution in [0.4, 0.5) is 0 Å². The quantitative estimate of drug-likeness (QED) is 0.808. The molecule has 0 radical (unpaired) electrons. The molecule has 4 nitrogen and oxygen atoms in total. The van der Waals surface area contributed by atoms with Gasteiger partial charge in [0, 0.05) is 12.6 Å². The van der Waals surface area contributed by atoms with Crippen molar-refractivity contribution in [3.05, 3.63) is 0 Å². The van der Waals surface area contributed by atoms with E-state index in [0.29, 0.717) is 11.9 Å². The van der Waals surface area contributed by atoms with Crippen LogP contribution in [0.3, 0.4) is 0 Å². The molecule has 2 heterocycles. The zero-order valence-corrected chi connectivity index (χ0v) is 12.5. The van der Waals surface area contributed by atoms with E-state index < -0.39 is 0 Å². The Labute approximate surface area is 117 Å². The normalized spacial score (nSPS) is 30.2. The van der Waals surface area contributed by atoms with E-state index in [1.807, 2.05) is 0 Å². The molecule has 19 heavy (non-hydrogen) atoms.